The Morgan fingerprint density at radius 1 is 1.03 bits per heavy atom. The molecule has 1 saturated heterocycles. The van der Waals surface area contributed by atoms with E-state index in [0.717, 1.165) is 35.6 Å². The number of carbonyl (C=O) groups excluding carboxylic acids is 1. The second-order valence-corrected chi connectivity index (χ2v) is 8.56. The molecule has 1 aliphatic heterocycles. The van der Waals surface area contributed by atoms with Gasteiger partial charge in [0, 0.05) is 25.8 Å². The van der Waals surface area contributed by atoms with E-state index in [1.807, 2.05) is 60.8 Å². The van der Waals surface area contributed by atoms with Crippen LogP contribution in [0.25, 0.3) is 11.1 Å². The molecule has 0 saturated carbocycles. The minimum atomic E-state index is -0.601. The topological polar surface area (TPSA) is 63.7 Å². The smallest absolute Gasteiger partial charge is 0.261 e. The number of nitrogens with one attached hydrogen (secondary N) is 1. The van der Waals surface area contributed by atoms with Crippen LogP contribution in [0.3, 0.4) is 0 Å². The lowest BCUT2D eigenvalue weighted by Gasteiger charge is -2.36. The predicted octanol–water partition coefficient (Wildman–Crippen LogP) is 4.45. The molecule has 3 aromatic rings. The van der Waals surface area contributed by atoms with E-state index in [-0.39, 0.29) is 18.1 Å². The Hall–Kier alpha value is -3.38. The van der Waals surface area contributed by atoms with Gasteiger partial charge in [0.15, 0.2) is 6.10 Å². The van der Waals surface area contributed by atoms with Gasteiger partial charge in [-0.05, 0) is 55.7 Å². The van der Waals surface area contributed by atoms with Crippen molar-refractivity contribution in [2.45, 2.75) is 45.6 Å². The minimum absolute atomic E-state index is 0.165. The molecule has 3 unspecified atom stereocenters. The number of nitrogens with zero attached hydrogens (tertiary/aromatic N) is 2. The van der Waals surface area contributed by atoms with Gasteiger partial charge < -0.3 is 19.7 Å². The lowest BCUT2D eigenvalue weighted by Crippen LogP contribution is -2.45. The number of morpholine rings is 1. The Labute approximate surface area is 195 Å². The number of pyridine rings is 1. The summed E-state index contributed by atoms with van der Waals surface area (Å²) in [6.07, 6.45) is 1.58. The van der Waals surface area contributed by atoms with Crippen LogP contribution in [-0.2, 0) is 16.1 Å². The molecule has 1 N–H and O–H groups in total. The van der Waals surface area contributed by atoms with Crippen LogP contribution in [0.2, 0.25) is 0 Å². The summed E-state index contributed by atoms with van der Waals surface area (Å²) in [5.74, 6) is 1.43. The number of hydrogen-bond donors (Lipinski definition) is 1. The van der Waals surface area contributed by atoms with E-state index in [2.05, 4.69) is 41.2 Å². The van der Waals surface area contributed by atoms with Crippen molar-refractivity contribution in [3.63, 3.8) is 0 Å². The van der Waals surface area contributed by atoms with Crippen molar-refractivity contribution in [3.8, 4) is 16.9 Å². The van der Waals surface area contributed by atoms with Crippen LogP contribution in [-0.4, -0.2) is 42.3 Å². The van der Waals surface area contributed by atoms with E-state index < -0.39 is 6.10 Å². The van der Waals surface area contributed by atoms with Crippen molar-refractivity contribution in [1.82, 2.24) is 10.3 Å². The Morgan fingerprint density at radius 3 is 2.33 bits per heavy atom. The number of carbonyl (C=O) groups is 1. The van der Waals surface area contributed by atoms with Gasteiger partial charge in [-0.15, -0.1) is 0 Å². The Kier molecular flexibility index (Phi) is 7.25. The first-order valence-electron chi connectivity index (χ1n) is 11.4. The fourth-order valence-electron chi connectivity index (χ4n) is 4.02. The molecule has 1 aliphatic rings. The number of anilines is 1. The molecule has 0 spiro atoms. The Balaban J connectivity index is 1.27. The summed E-state index contributed by atoms with van der Waals surface area (Å²) >= 11 is 0. The van der Waals surface area contributed by atoms with Crippen LogP contribution in [0.1, 0.15) is 26.3 Å². The van der Waals surface area contributed by atoms with E-state index in [4.69, 9.17) is 9.47 Å². The van der Waals surface area contributed by atoms with E-state index in [9.17, 15) is 4.79 Å². The van der Waals surface area contributed by atoms with E-state index in [1.54, 1.807) is 6.92 Å². The molecular formula is C27H31N3O3. The zero-order valence-electron chi connectivity index (χ0n) is 19.4. The number of aromatic nitrogens is 1. The molecule has 1 amide bonds. The third-order valence-electron chi connectivity index (χ3n) is 5.66. The summed E-state index contributed by atoms with van der Waals surface area (Å²) in [6, 6.07) is 21.9. The molecule has 6 heteroatoms. The lowest BCUT2D eigenvalue weighted by atomic mass is 10.1. The van der Waals surface area contributed by atoms with Crippen molar-refractivity contribution in [1.29, 1.82) is 0 Å². The highest BCUT2D eigenvalue weighted by Crippen LogP contribution is 2.23. The van der Waals surface area contributed by atoms with Gasteiger partial charge >= 0.3 is 0 Å². The molecule has 2 aromatic carbocycles. The highest BCUT2D eigenvalue weighted by molar-refractivity contribution is 5.80. The molecule has 3 atom stereocenters. The fourth-order valence-corrected chi connectivity index (χ4v) is 4.02. The Bertz CT molecular complexity index is 1030. The Morgan fingerprint density at radius 2 is 1.70 bits per heavy atom. The average Bonchev–Trinajstić information content (AvgIpc) is 2.83. The first kappa shape index (κ1) is 22.8. The largest absolute Gasteiger partial charge is 0.481 e. The van der Waals surface area contributed by atoms with Crippen LogP contribution in [0, 0.1) is 0 Å². The summed E-state index contributed by atoms with van der Waals surface area (Å²) in [4.78, 5) is 19.3. The van der Waals surface area contributed by atoms with E-state index in [0.29, 0.717) is 12.3 Å². The molecule has 4 rings (SSSR count). The monoisotopic (exact) mass is 445 g/mol. The molecule has 0 aliphatic carbocycles. The summed E-state index contributed by atoms with van der Waals surface area (Å²) in [5, 5.41) is 2.93. The number of amides is 1. The van der Waals surface area contributed by atoms with Crippen molar-refractivity contribution in [2.24, 2.45) is 0 Å². The highest BCUT2D eigenvalue weighted by Gasteiger charge is 2.23. The summed E-state index contributed by atoms with van der Waals surface area (Å²) in [6.45, 7) is 7.97. The fraction of sp³-hybridized carbons (Fsp3) is 0.333. The maximum absolute atomic E-state index is 12.5. The van der Waals surface area contributed by atoms with Gasteiger partial charge in [-0.25, -0.2) is 4.98 Å². The number of benzene rings is 2. The molecular weight excluding hydrogens is 414 g/mol. The summed E-state index contributed by atoms with van der Waals surface area (Å²) in [5.41, 5.74) is 3.20. The van der Waals surface area contributed by atoms with Crippen molar-refractivity contribution >= 4 is 11.7 Å². The number of ether oxygens (including phenoxy) is 2. The quantitative estimate of drug-likeness (QED) is 0.582. The highest BCUT2D eigenvalue weighted by atomic mass is 16.5. The van der Waals surface area contributed by atoms with Crippen molar-refractivity contribution in [3.05, 3.63) is 78.5 Å². The molecule has 1 fully saturated rings. The summed E-state index contributed by atoms with van der Waals surface area (Å²) in [7, 11) is 0. The van der Waals surface area contributed by atoms with Gasteiger partial charge in [0.25, 0.3) is 5.91 Å². The normalized spacial score (nSPS) is 19.1. The molecule has 33 heavy (non-hydrogen) atoms. The third-order valence-corrected chi connectivity index (χ3v) is 5.66. The maximum atomic E-state index is 12.5. The maximum Gasteiger partial charge on any atom is 0.261 e. The first-order chi connectivity index (χ1) is 16.0. The number of hydrogen-bond acceptors (Lipinski definition) is 5. The average molecular weight is 446 g/mol. The molecule has 0 radical (unpaired) electrons. The summed E-state index contributed by atoms with van der Waals surface area (Å²) < 4.78 is 11.6. The lowest BCUT2D eigenvalue weighted by molar-refractivity contribution is -0.127. The molecule has 0 bridgehead atoms. The molecule has 1 aromatic heterocycles. The van der Waals surface area contributed by atoms with Crippen LogP contribution >= 0.6 is 0 Å². The molecule has 172 valence electrons. The molecule has 2 heterocycles. The third kappa shape index (κ3) is 6.11. The van der Waals surface area contributed by atoms with Gasteiger partial charge in [-0.2, -0.15) is 0 Å². The van der Waals surface area contributed by atoms with Crippen LogP contribution in [0.5, 0.6) is 5.75 Å². The van der Waals surface area contributed by atoms with Crippen LogP contribution in [0.4, 0.5) is 5.82 Å². The standard InChI is InChI=1S/C27H31N3O3/c1-19-17-30(18-20(2)32-19)26-14-9-22(15-28-26)16-29-27(31)21(3)33-25-12-10-24(11-13-25)23-7-5-4-6-8-23/h4-15,19-21H,16-18H2,1-3H3,(H,29,31). The minimum Gasteiger partial charge on any atom is -0.481 e. The van der Waals surface area contributed by atoms with Crippen molar-refractivity contribution < 1.29 is 14.3 Å². The second kappa shape index (κ2) is 10.5. The van der Waals surface area contributed by atoms with Crippen molar-refractivity contribution in [2.75, 3.05) is 18.0 Å². The zero-order valence-corrected chi connectivity index (χ0v) is 19.4. The van der Waals surface area contributed by atoms with E-state index >= 15 is 0 Å². The van der Waals surface area contributed by atoms with Gasteiger partial charge in [0.1, 0.15) is 11.6 Å². The number of rotatable bonds is 7. The van der Waals surface area contributed by atoms with E-state index in [1.165, 1.54) is 0 Å². The van der Waals surface area contributed by atoms with Crippen LogP contribution in [0.15, 0.2) is 72.9 Å². The first-order valence-corrected chi connectivity index (χ1v) is 11.4. The zero-order chi connectivity index (χ0) is 23.2. The SMILES string of the molecule is CC1CN(c2ccc(CNC(=O)C(C)Oc3ccc(-c4ccccc4)cc3)cn2)CC(C)O1. The van der Waals surface area contributed by atoms with Gasteiger partial charge in [-0.3, -0.25) is 4.79 Å². The van der Waals surface area contributed by atoms with Gasteiger partial charge in [0.05, 0.1) is 12.2 Å². The second-order valence-electron chi connectivity index (χ2n) is 8.56. The van der Waals surface area contributed by atoms with Gasteiger partial charge in [-0.1, -0.05) is 48.5 Å². The predicted molar refractivity (Wildman–Crippen MR) is 130 cm³/mol. The van der Waals surface area contributed by atoms with Gasteiger partial charge in [0.2, 0.25) is 0 Å². The van der Waals surface area contributed by atoms with Crippen LogP contribution < -0.4 is 15.0 Å². The molecule has 6 nitrogen and oxygen atoms in total.